The first-order valence-electron chi connectivity index (χ1n) is 6.29. The molecule has 2 N–H and O–H groups in total. The first kappa shape index (κ1) is 15.1. The first-order valence-corrected chi connectivity index (χ1v) is 6.67. The average Bonchev–Trinajstić information content (AvgIpc) is 2.40. The van der Waals surface area contributed by atoms with Gasteiger partial charge in [0.05, 0.1) is 22.3 Å². The van der Waals surface area contributed by atoms with Crippen molar-refractivity contribution in [1.29, 1.82) is 0 Å². The summed E-state index contributed by atoms with van der Waals surface area (Å²) in [5.74, 6) is -0.483. The number of para-hydroxylation sites is 1. The minimum absolute atomic E-state index is 0.121. The molecule has 20 heavy (non-hydrogen) atoms. The summed E-state index contributed by atoms with van der Waals surface area (Å²) in [6.45, 7) is 0.687. The molecule has 1 saturated heterocycles. The highest BCUT2D eigenvalue weighted by atomic mass is 35.5. The number of halogens is 4. The van der Waals surface area contributed by atoms with Crippen LogP contribution >= 0.6 is 11.6 Å². The van der Waals surface area contributed by atoms with Crippen molar-refractivity contribution in [2.24, 2.45) is 0 Å². The summed E-state index contributed by atoms with van der Waals surface area (Å²) in [6.07, 6.45) is -2.12. The van der Waals surface area contributed by atoms with Crippen LogP contribution in [-0.4, -0.2) is 18.5 Å². The van der Waals surface area contributed by atoms with Crippen molar-refractivity contribution in [3.05, 3.63) is 28.8 Å². The molecule has 1 aliphatic heterocycles. The zero-order chi connectivity index (χ0) is 14.8. The molecule has 1 heterocycles. The summed E-state index contributed by atoms with van der Waals surface area (Å²) in [7, 11) is 0. The van der Waals surface area contributed by atoms with E-state index in [4.69, 9.17) is 11.6 Å². The van der Waals surface area contributed by atoms with Crippen molar-refractivity contribution in [2.45, 2.75) is 31.5 Å². The van der Waals surface area contributed by atoms with E-state index in [1.807, 2.05) is 0 Å². The molecule has 3 nitrogen and oxygen atoms in total. The van der Waals surface area contributed by atoms with Gasteiger partial charge in [0.15, 0.2) is 0 Å². The number of anilines is 1. The van der Waals surface area contributed by atoms with Crippen LogP contribution in [0.15, 0.2) is 18.2 Å². The summed E-state index contributed by atoms with van der Waals surface area (Å²) < 4.78 is 38.7. The molecule has 0 radical (unpaired) electrons. The monoisotopic (exact) mass is 306 g/mol. The summed E-state index contributed by atoms with van der Waals surface area (Å²) >= 11 is 5.78. The van der Waals surface area contributed by atoms with Gasteiger partial charge in [-0.25, -0.2) is 0 Å². The third-order valence-electron chi connectivity index (χ3n) is 3.19. The number of piperidine rings is 1. The molecule has 1 fully saturated rings. The number of benzene rings is 1. The van der Waals surface area contributed by atoms with Crippen molar-refractivity contribution in [1.82, 2.24) is 5.32 Å². The predicted octanol–water partition coefficient (Wildman–Crippen LogP) is 3.44. The Balaban J connectivity index is 2.22. The van der Waals surface area contributed by atoms with Crippen molar-refractivity contribution < 1.29 is 18.0 Å². The molecule has 1 aliphatic rings. The summed E-state index contributed by atoms with van der Waals surface area (Å²) in [5, 5.41) is 5.16. The zero-order valence-electron chi connectivity index (χ0n) is 10.6. The van der Waals surface area contributed by atoms with Gasteiger partial charge in [-0.05, 0) is 31.5 Å². The lowest BCUT2D eigenvalue weighted by Crippen LogP contribution is -2.43. The van der Waals surface area contributed by atoms with Crippen LogP contribution in [0.25, 0.3) is 0 Å². The Morgan fingerprint density at radius 3 is 2.70 bits per heavy atom. The third kappa shape index (κ3) is 3.43. The second-order valence-electron chi connectivity index (χ2n) is 4.65. The molecule has 110 valence electrons. The standard InChI is InChI=1S/C13H14ClF3N2O/c14-9-5-3-4-8(13(15,16)17)11(9)19-12(20)10-6-1-2-7-18-10/h3-5,10,18H,1-2,6-7H2,(H,19,20)/t10-/m1/s1. The number of alkyl halides is 3. The SMILES string of the molecule is O=C(Nc1c(Cl)cccc1C(F)(F)F)[C@H]1CCCCN1. The molecule has 0 aliphatic carbocycles. The van der Waals surface area contributed by atoms with Gasteiger partial charge in [-0.3, -0.25) is 4.79 Å². The van der Waals surface area contributed by atoms with E-state index in [0.717, 1.165) is 18.9 Å². The van der Waals surface area contributed by atoms with E-state index in [-0.39, 0.29) is 10.7 Å². The highest BCUT2D eigenvalue weighted by molar-refractivity contribution is 6.34. The lowest BCUT2D eigenvalue weighted by Gasteiger charge is -2.23. The van der Waals surface area contributed by atoms with Gasteiger partial charge >= 0.3 is 6.18 Å². The maximum absolute atomic E-state index is 12.9. The molecule has 0 bridgehead atoms. The van der Waals surface area contributed by atoms with Crippen molar-refractivity contribution in [3.63, 3.8) is 0 Å². The minimum Gasteiger partial charge on any atom is -0.323 e. The largest absolute Gasteiger partial charge is 0.418 e. The maximum atomic E-state index is 12.9. The lowest BCUT2D eigenvalue weighted by atomic mass is 10.0. The van der Waals surface area contributed by atoms with Crippen LogP contribution in [0.4, 0.5) is 18.9 Å². The maximum Gasteiger partial charge on any atom is 0.418 e. The van der Waals surface area contributed by atoms with E-state index in [9.17, 15) is 18.0 Å². The fraction of sp³-hybridized carbons (Fsp3) is 0.462. The number of amides is 1. The minimum atomic E-state index is -4.56. The van der Waals surface area contributed by atoms with Crippen molar-refractivity contribution in [2.75, 3.05) is 11.9 Å². The zero-order valence-corrected chi connectivity index (χ0v) is 11.3. The quantitative estimate of drug-likeness (QED) is 0.879. The van der Waals surface area contributed by atoms with E-state index < -0.39 is 23.7 Å². The highest BCUT2D eigenvalue weighted by Gasteiger charge is 2.35. The van der Waals surface area contributed by atoms with E-state index in [0.29, 0.717) is 13.0 Å². The van der Waals surface area contributed by atoms with Gasteiger partial charge in [-0.15, -0.1) is 0 Å². The fourth-order valence-corrected chi connectivity index (χ4v) is 2.40. The molecule has 0 aromatic heterocycles. The topological polar surface area (TPSA) is 41.1 Å². The Kier molecular flexibility index (Phi) is 4.55. The Labute approximate surface area is 119 Å². The van der Waals surface area contributed by atoms with E-state index in [1.165, 1.54) is 12.1 Å². The molecule has 0 spiro atoms. The molecule has 1 amide bonds. The fourth-order valence-electron chi connectivity index (χ4n) is 2.17. The molecular weight excluding hydrogens is 293 g/mol. The van der Waals surface area contributed by atoms with Crippen LogP contribution in [0.3, 0.4) is 0 Å². The lowest BCUT2D eigenvalue weighted by molar-refractivity contribution is -0.137. The van der Waals surface area contributed by atoms with Crippen molar-refractivity contribution >= 4 is 23.2 Å². The number of rotatable bonds is 2. The second kappa shape index (κ2) is 6.01. The average molecular weight is 307 g/mol. The number of carbonyl (C=O) groups excluding carboxylic acids is 1. The predicted molar refractivity (Wildman–Crippen MR) is 70.7 cm³/mol. The van der Waals surface area contributed by atoms with E-state index >= 15 is 0 Å². The third-order valence-corrected chi connectivity index (χ3v) is 3.51. The normalized spacial score (nSPS) is 19.7. The van der Waals surface area contributed by atoms with Gasteiger partial charge in [0, 0.05) is 0 Å². The van der Waals surface area contributed by atoms with Gasteiger partial charge in [-0.2, -0.15) is 13.2 Å². The number of hydrogen-bond donors (Lipinski definition) is 2. The van der Waals surface area contributed by atoms with Gasteiger partial charge in [0.2, 0.25) is 5.91 Å². The molecule has 1 aromatic rings. The highest BCUT2D eigenvalue weighted by Crippen LogP contribution is 2.38. The Bertz CT molecular complexity index is 499. The van der Waals surface area contributed by atoms with Crippen LogP contribution in [0, 0.1) is 0 Å². The summed E-state index contributed by atoms with van der Waals surface area (Å²) in [4.78, 5) is 12.0. The molecule has 7 heteroatoms. The Hall–Kier alpha value is -1.27. The summed E-state index contributed by atoms with van der Waals surface area (Å²) in [5.41, 5.74) is -1.31. The summed E-state index contributed by atoms with van der Waals surface area (Å²) in [6, 6.07) is 2.96. The molecule has 1 atom stereocenters. The van der Waals surface area contributed by atoms with Gasteiger partial charge < -0.3 is 10.6 Å². The van der Waals surface area contributed by atoms with Gasteiger partial charge in [0.1, 0.15) is 0 Å². The second-order valence-corrected chi connectivity index (χ2v) is 5.06. The number of hydrogen-bond acceptors (Lipinski definition) is 2. The van der Waals surface area contributed by atoms with Crippen LogP contribution in [-0.2, 0) is 11.0 Å². The van der Waals surface area contributed by atoms with Crippen molar-refractivity contribution in [3.8, 4) is 0 Å². The molecule has 2 rings (SSSR count). The first-order chi connectivity index (χ1) is 9.39. The molecule has 0 unspecified atom stereocenters. The molecule has 1 aromatic carbocycles. The smallest absolute Gasteiger partial charge is 0.323 e. The van der Waals surface area contributed by atoms with Crippen LogP contribution in [0.5, 0.6) is 0 Å². The van der Waals surface area contributed by atoms with Crippen LogP contribution in [0.1, 0.15) is 24.8 Å². The number of nitrogens with one attached hydrogen (secondary N) is 2. The number of carbonyl (C=O) groups is 1. The molecule has 0 saturated carbocycles. The Morgan fingerprint density at radius 1 is 1.35 bits per heavy atom. The molecular formula is C13H14ClF3N2O. The van der Waals surface area contributed by atoms with Gasteiger partial charge in [-0.1, -0.05) is 24.1 Å². The Morgan fingerprint density at radius 2 is 2.10 bits per heavy atom. The van der Waals surface area contributed by atoms with Gasteiger partial charge in [0.25, 0.3) is 0 Å². The van der Waals surface area contributed by atoms with E-state index in [2.05, 4.69) is 10.6 Å². The van der Waals surface area contributed by atoms with Crippen LogP contribution in [0.2, 0.25) is 5.02 Å². The van der Waals surface area contributed by atoms with E-state index in [1.54, 1.807) is 0 Å². The van der Waals surface area contributed by atoms with Crippen LogP contribution < -0.4 is 10.6 Å².